The van der Waals surface area contributed by atoms with Crippen LogP contribution in [0, 0.1) is 23.7 Å². The maximum atomic E-state index is 12.5. The number of anilines is 1. The molecule has 22 heavy (non-hydrogen) atoms. The summed E-state index contributed by atoms with van der Waals surface area (Å²) in [4.78, 5) is 35.3. The summed E-state index contributed by atoms with van der Waals surface area (Å²) in [5.41, 5.74) is 1.04. The number of aliphatic carboxylic acids is 1. The average molecular weight is 299 g/mol. The molecule has 0 aliphatic heterocycles. The lowest BCUT2D eigenvalue weighted by atomic mass is 9.82. The molecule has 0 radical (unpaired) electrons. The van der Waals surface area contributed by atoms with Crippen molar-refractivity contribution < 1.29 is 19.5 Å². The van der Waals surface area contributed by atoms with E-state index in [0.29, 0.717) is 11.3 Å². The molecule has 1 aromatic carbocycles. The van der Waals surface area contributed by atoms with Gasteiger partial charge in [0.15, 0.2) is 5.78 Å². The van der Waals surface area contributed by atoms with Crippen LogP contribution >= 0.6 is 0 Å². The number of fused-ring (bicyclic) bond motifs is 2. The Morgan fingerprint density at radius 2 is 1.82 bits per heavy atom. The average Bonchev–Trinajstić information content (AvgIpc) is 3.07. The van der Waals surface area contributed by atoms with Crippen LogP contribution in [0.1, 0.15) is 23.7 Å². The van der Waals surface area contributed by atoms with Gasteiger partial charge < -0.3 is 10.4 Å². The van der Waals surface area contributed by atoms with Gasteiger partial charge in [-0.05, 0) is 37.3 Å². The number of hydrogen-bond acceptors (Lipinski definition) is 3. The molecule has 2 N–H and O–H groups in total. The fourth-order valence-electron chi connectivity index (χ4n) is 3.56. The van der Waals surface area contributed by atoms with Gasteiger partial charge in [-0.25, -0.2) is 0 Å². The summed E-state index contributed by atoms with van der Waals surface area (Å²) in [6.45, 7) is 1.46. The van der Waals surface area contributed by atoms with Gasteiger partial charge in [0.1, 0.15) is 0 Å². The van der Waals surface area contributed by atoms with Crippen LogP contribution in [-0.4, -0.2) is 22.8 Å². The van der Waals surface area contributed by atoms with Crippen LogP contribution in [0.4, 0.5) is 5.69 Å². The predicted molar refractivity (Wildman–Crippen MR) is 80.4 cm³/mol. The molecule has 3 rings (SSSR count). The Morgan fingerprint density at radius 1 is 1.14 bits per heavy atom. The SMILES string of the molecule is CC(=O)c1cccc(NC(=O)[C@@H]2[C@H](C(=O)O)[C@H]3C=C[C@H]2C3)c1. The van der Waals surface area contributed by atoms with E-state index in [9.17, 15) is 19.5 Å². The fraction of sp³-hybridized carbons (Fsp3) is 0.353. The number of carboxylic acid groups (broad SMARTS) is 1. The van der Waals surface area contributed by atoms with E-state index in [1.54, 1.807) is 24.3 Å². The lowest BCUT2D eigenvalue weighted by molar-refractivity contribution is -0.146. The smallest absolute Gasteiger partial charge is 0.307 e. The summed E-state index contributed by atoms with van der Waals surface area (Å²) in [7, 11) is 0. The Bertz CT molecular complexity index is 679. The number of carbonyl (C=O) groups is 3. The molecule has 114 valence electrons. The first-order valence-electron chi connectivity index (χ1n) is 7.30. The highest BCUT2D eigenvalue weighted by Crippen LogP contribution is 2.48. The molecule has 1 aromatic rings. The highest BCUT2D eigenvalue weighted by atomic mass is 16.4. The van der Waals surface area contributed by atoms with Crippen molar-refractivity contribution in [3.8, 4) is 0 Å². The Kier molecular flexibility index (Phi) is 3.56. The third kappa shape index (κ3) is 2.43. The van der Waals surface area contributed by atoms with E-state index < -0.39 is 17.8 Å². The van der Waals surface area contributed by atoms with Crippen molar-refractivity contribution in [3.63, 3.8) is 0 Å². The van der Waals surface area contributed by atoms with Gasteiger partial charge in [-0.1, -0.05) is 24.3 Å². The van der Waals surface area contributed by atoms with E-state index in [1.807, 2.05) is 12.2 Å². The monoisotopic (exact) mass is 299 g/mol. The minimum atomic E-state index is -0.922. The zero-order valence-corrected chi connectivity index (χ0v) is 12.2. The summed E-state index contributed by atoms with van der Waals surface area (Å²) < 4.78 is 0. The molecule has 4 atom stereocenters. The molecule has 0 spiro atoms. The Hall–Kier alpha value is -2.43. The van der Waals surface area contributed by atoms with E-state index in [2.05, 4.69) is 5.32 Å². The zero-order valence-electron chi connectivity index (χ0n) is 12.2. The van der Waals surface area contributed by atoms with Crippen molar-refractivity contribution >= 4 is 23.3 Å². The van der Waals surface area contributed by atoms with E-state index in [0.717, 1.165) is 6.42 Å². The molecular weight excluding hydrogens is 282 g/mol. The lowest BCUT2D eigenvalue weighted by Gasteiger charge is -2.23. The molecular formula is C17H17NO4. The van der Waals surface area contributed by atoms with Crippen molar-refractivity contribution in [1.29, 1.82) is 0 Å². The second kappa shape index (κ2) is 5.40. The predicted octanol–water partition coefficient (Wildman–Crippen LogP) is 2.35. The molecule has 0 saturated heterocycles. The Labute approximate surface area is 128 Å². The molecule has 1 amide bonds. The number of amides is 1. The number of Topliss-reactive ketones (excluding diaryl/α,β-unsaturated/α-hetero) is 1. The van der Waals surface area contributed by atoms with Crippen molar-refractivity contribution in [3.05, 3.63) is 42.0 Å². The summed E-state index contributed by atoms with van der Waals surface area (Å²) in [6, 6.07) is 6.68. The van der Waals surface area contributed by atoms with Crippen LogP contribution < -0.4 is 5.32 Å². The van der Waals surface area contributed by atoms with Crippen molar-refractivity contribution in [1.82, 2.24) is 0 Å². The number of carbonyl (C=O) groups excluding carboxylic acids is 2. The third-order valence-electron chi connectivity index (χ3n) is 4.58. The molecule has 2 aliphatic rings. The molecule has 1 fully saturated rings. The normalized spacial score (nSPS) is 28.6. The van der Waals surface area contributed by atoms with E-state index in [1.165, 1.54) is 6.92 Å². The number of ketones is 1. The maximum absolute atomic E-state index is 12.5. The molecule has 2 bridgehead atoms. The van der Waals surface area contributed by atoms with Crippen LogP contribution in [-0.2, 0) is 9.59 Å². The number of nitrogens with one attached hydrogen (secondary N) is 1. The zero-order chi connectivity index (χ0) is 15.9. The van der Waals surface area contributed by atoms with Crippen molar-refractivity contribution in [2.75, 3.05) is 5.32 Å². The maximum Gasteiger partial charge on any atom is 0.307 e. The molecule has 0 unspecified atom stereocenters. The highest BCUT2D eigenvalue weighted by molar-refractivity contribution is 5.99. The van der Waals surface area contributed by atoms with Crippen LogP contribution in [0.15, 0.2) is 36.4 Å². The molecule has 0 aromatic heterocycles. The van der Waals surface area contributed by atoms with Crippen molar-refractivity contribution in [2.45, 2.75) is 13.3 Å². The molecule has 0 heterocycles. The van der Waals surface area contributed by atoms with Crippen LogP contribution in [0.5, 0.6) is 0 Å². The minimum absolute atomic E-state index is 0.0120. The standard InChI is InChI=1S/C17H17NO4/c1-9(19)10-3-2-4-13(8-10)18-16(20)14-11-5-6-12(7-11)15(14)17(21)22/h2-6,8,11-12,14-15H,7H2,1H3,(H,18,20)(H,21,22)/t11-,12-,14-,15+/m0/s1. The largest absolute Gasteiger partial charge is 0.481 e. The van der Waals surface area contributed by atoms with E-state index in [-0.39, 0.29) is 23.5 Å². The van der Waals surface area contributed by atoms with Gasteiger partial charge in [0.25, 0.3) is 0 Å². The quantitative estimate of drug-likeness (QED) is 0.660. The molecule has 1 saturated carbocycles. The van der Waals surface area contributed by atoms with E-state index in [4.69, 9.17) is 0 Å². The van der Waals surface area contributed by atoms with Crippen LogP contribution in [0.25, 0.3) is 0 Å². The van der Waals surface area contributed by atoms with Gasteiger partial charge >= 0.3 is 5.97 Å². The van der Waals surface area contributed by atoms with Crippen LogP contribution in [0.3, 0.4) is 0 Å². The first kappa shape index (κ1) is 14.5. The second-order valence-electron chi connectivity index (χ2n) is 5.96. The number of hydrogen-bond donors (Lipinski definition) is 2. The molecule has 2 aliphatic carbocycles. The number of benzene rings is 1. The number of rotatable bonds is 4. The van der Waals surface area contributed by atoms with Gasteiger partial charge in [-0.15, -0.1) is 0 Å². The molecule has 5 nitrogen and oxygen atoms in total. The second-order valence-corrected chi connectivity index (χ2v) is 5.96. The highest BCUT2D eigenvalue weighted by Gasteiger charge is 2.51. The van der Waals surface area contributed by atoms with Gasteiger partial charge in [0.05, 0.1) is 11.8 Å². The summed E-state index contributed by atoms with van der Waals surface area (Å²) >= 11 is 0. The van der Waals surface area contributed by atoms with Gasteiger partial charge in [0, 0.05) is 11.3 Å². The first-order valence-corrected chi connectivity index (χ1v) is 7.30. The molecule has 5 heteroatoms. The first-order chi connectivity index (χ1) is 10.5. The van der Waals surface area contributed by atoms with Gasteiger partial charge in [-0.3, -0.25) is 14.4 Å². The Balaban J connectivity index is 1.80. The number of carboxylic acids is 1. The van der Waals surface area contributed by atoms with Crippen LogP contribution in [0.2, 0.25) is 0 Å². The summed E-state index contributed by atoms with van der Waals surface area (Å²) in [5, 5.41) is 12.1. The van der Waals surface area contributed by atoms with Crippen molar-refractivity contribution in [2.24, 2.45) is 23.7 Å². The lowest BCUT2D eigenvalue weighted by Crippen LogP contribution is -2.36. The minimum Gasteiger partial charge on any atom is -0.481 e. The van der Waals surface area contributed by atoms with Gasteiger partial charge in [-0.2, -0.15) is 0 Å². The third-order valence-corrected chi connectivity index (χ3v) is 4.58. The van der Waals surface area contributed by atoms with E-state index >= 15 is 0 Å². The fourth-order valence-corrected chi connectivity index (χ4v) is 3.56. The Morgan fingerprint density at radius 3 is 2.45 bits per heavy atom. The summed E-state index contributed by atoms with van der Waals surface area (Å²) in [6.07, 6.45) is 4.58. The topological polar surface area (TPSA) is 83.5 Å². The number of allylic oxidation sites excluding steroid dienone is 2. The van der Waals surface area contributed by atoms with Gasteiger partial charge in [0.2, 0.25) is 5.91 Å². The summed E-state index contributed by atoms with van der Waals surface area (Å²) in [5.74, 6) is -2.56.